The molecule has 1 unspecified atom stereocenters. The molecule has 2 aromatic carbocycles. The van der Waals surface area contributed by atoms with Crippen LogP contribution in [0.1, 0.15) is 24.1 Å². The van der Waals surface area contributed by atoms with Crippen LogP contribution in [0.2, 0.25) is 0 Å². The number of hydrogen-bond donors (Lipinski definition) is 1. The van der Waals surface area contributed by atoms with Gasteiger partial charge in [-0.2, -0.15) is 0 Å². The van der Waals surface area contributed by atoms with Crippen LogP contribution in [0.15, 0.2) is 48.5 Å². The molecule has 0 bridgehead atoms. The Balaban J connectivity index is 1.83. The van der Waals surface area contributed by atoms with Crippen molar-refractivity contribution < 1.29 is 27.1 Å². The second kappa shape index (κ2) is 8.85. The summed E-state index contributed by atoms with van der Waals surface area (Å²) in [5.41, 5.74) is 1.53. The Morgan fingerprint density at radius 1 is 1.11 bits per heavy atom. The molecule has 1 N–H and O–H groups in total. The van der Waals surface area contributed by atoms with Gasteiger partial charge in [0.2, 0.25) is 5.91 Å². The summed E-state index contributed by atoms with van der Waals surface area (Å²) in [6, 6.07) is 11.1. The summed E-state index contributed by atoms with van der Waals surface area (Å²) < 4.78 is 53.2. The van der Waals surface area contributed by atoms with E-state index in [1.54, 1.807) is 31.0 Å². The lowest BCUT2D eigenvalue weighted by atomic mass is 10.1. The zero-order chi connectivity index (χ0) is 20.0. The first-order valence-electron chi connectivity index (χ1n) is 8.20. The first kappa shape index (κ1) is 20.7. The highest BCUT2D eigenvalue weighted by Crippen LogP contribution is 2.23. The van der Waals surface area contributed by atoms with Crippen LogP contribution in [0.25, 0.3) is 0 Å². The molecule has 0 radical (unpaired) electrons. The molecule has 2 aromatic rings. The van der Waals surface area contributed by atoms with Gasteiger partial charge in [-0.05, 0) is 49.4 Å². The Hall–Kier alpha value is -2.61. The normalized spacial score (nSPS) is 12.7. The molecule has 0 aliphatic rings. The summed E-state index contributed by atoms with van der Waals surface area (Å²) >= 11 is 0. The van der Waals surface area contributed by atoms with Gasteiger partial charge in [0, 0.05) is 6.54 Å². The highest BCUT2D eigenvalue weighted by Gasteiger charge is 2.30. The molecular weight excluding hydrogens is 364 g/mol. The van der Waals surface area contributed by atoms with Crippen LogP contribution in [0.5, 0.6) is 5.75 Å². The van der Waals surface area contributed by atoms with E-state index in [2.05, 4.69) is 10.1 Å². The Kier molecular flexibility index (Phi) is 6.79. The number of amides is 1. The molecule has 8 heteroatoms. The first-order valence-corrected chi connectivity index (χ1v) is 8.20. The van der Waals surface area contributed by atoms with E-state index in [9.17, 15) is 22.4 Å². The molecular formula is C19H20F4N2O2. The average molecular weight is 384 g/mol. The molecule has 146 valence electrons. The fraction of sp³-hybridized carbons (Fsp3) is 0.316. The molecule has 1 atom stereocenters. The quantitative estimate of drug-likeness (QED) is 0.733. The second-order valence-electron chi connectivity index (χ2n) is 6.20. The topological polar surface area (TPSA) is 41.6 Å². The number of nitrogens with one attached hydrogen (secondary N) is 1. The van der Waals surface area contributed by atoms with Crippen LogP contribution in [0.3, 0.4) is 0 Å². The number of nitrogens with zero attached hydrogens (tertiary/aromatic N) is 1. The lowest BCUT2D eigenvalue weighted by molar-refractivity contribution is -0.274. The van der Waals surface area contributed by atoms with Gasteiger partial charge in [0.15, 0.2) is 0 Å². The number of alkyl halides is 3. The minimum absolute atomic E-state index is 0.104. The molecule has 1 amide bonds. The number of hydrogen-bond acceptors (Lipinski definition) is 3. The van der Waals surface area contributed by atoms with Crippen molar-refractivity contribution in [2.24, 2.45) is 0 Å². The van der Waals surface area contributed by atoms with Gasteiger partial charge in [0.25, 0.3) is 0 Å². The predicted octanol–water partition coefficient (Wildman–Crippen LogP) is 4.03. The van der Waals surface area contributed by atoms with E-state index in [-0.39, 0.29) is 30.1 Å². The molecule has 0 spiro atoms. The highest BCUT2D eigenvalue weighted by molar-refractivity contribution is 5.78. The van der Waals surface area contributed by atoms with Crippen LogP contribution < -0.4 is 10.1 Å². The minimum Gasteiger partial charge on any atom is -0.406 e. The minimum atomic E-state index is -4.72. The average Bonchev–Trinajstić information content (AvgIpc) is 2.55. The number of benzene rings is 2. The van der Waals surface area contributed by atoms with E-state index < -0.39 is 6.36 Å². The molecule has 27 heavy (non-hydrogen) atoms. The van der Waals surface area contributed by atoms with Gasteiger partial charge >= 0.3 is 6.36 Å². The maximum Gasteiger partial charge on any atom is 0.573 e. The van der Waals surface area contributed by atoms with E-state index in [1.165, 1.54) is 36.4 Å². The third kappa shape index (κ3) is 7.26. The fourth-order valence-corrected chi connectivity index (χ4v) is 2.53. The molecule has 0 heterocycles. The number of rotatable bonds is 7. The van der Waals surface area contributed by atoms with Crippen molar-refractivity contribution in [3.63, 3.8) is 0 Å². The van der Waals surface area contributed by atoms with Crippen molar-refractivity contribution in [2.75, 3.05) is 13.6 Å². The maximum absolute atomic E-state index is 12.9. The number of carbonyl (C=O) groups excluding carboxylic acids is 1. The van der Waals surface area contributed by atoms with Gasteiger partial charge in [0.1, 0.15) is 11.6 Å². The molecule has 0 aliphatic carbocycles. The van der Waals surface area contributed by atoms with Gasteiger partial charge in [-0.3, -0.25) is 9.69 Å². The summed E-state index contributed by atoms with van der Waals surface area (Å²) in [5.74, 6) is -0.852. The van der Waals surface area contributed by atoms with Gasteiger partial charge < -0.3 is 10.1 Å². The molecule has 0 saturated heterocycles. The van der Waals surface area contributed by atoms with E-state index in [0.717, 1.165) is 11.1 Å². The molecule has 0 aromatic heterocycles. The van der Waals surface area contributed by atoms with Crippen molar-refractivity contribution in [1.82, 2.24) is 10.2 Å². The SMILES string of the molecule is CC(NC(=O)CN(C)Cc1ccc(OC(F)(F)F)cc1)c1ccc(F)cc1. The fourth-order valence-electron chi connectivity index (χ4n) is 2.53. The highest BCUT2D eigenvalue weighted by atomic mass is 19.4. The number of ether oxygens (including phenoxy) is 1. The summed E-state index contributed by atoms with van der Waals surface area (Å²) in [5, 5.41) is 2.82. The largest absolute Gasteiger partial charge is 0.573 e. The maximum atomic E-state index is 12.9. The number of likely N-dealkylation sites (N-methyl/N-ethyl adjacent to an activating group) is 1. The van der Waals surface area contributed by atoms with Crippen molar-refractivity contribution in [1.29, 1.82) is 0 Å². The monoisotopic (exact) mass is 384 g/mol. The van der Waals surface area contributed by atoms with E-state index >= 15 is 0 Å². The lowest BCUT2D eigenvalue weighted by Crippen LogP contribution is -2.36. The molecule has 0 aliphatic heterocycles. The molecule has 0 fully saturated rings. The Bertz CT molecular complexity index is 746. The Morgan fingerprint density at radius 2 is 1.70 bits per heavy atom. The standard InChI is InChI=1S/C19H20F4N2O2/c1-13(15-5-7-16(20)8-6-15)24-18(26)12-25(2)11-14-3-9-17(10-4-14)27-19(21,22)23/h3-10,13H,11-12H2,1-2H3,(H,24,26). The number of halogens is 4. The van der Waals surface area contributed by atoms with E-state index in [1.807, 2.05) is 0 Å². The smallest absolute Gasteiger partial charge is 0.406 e. The van der Waals surface area contributed by atoms with Crippen LogP contribution in [-0.4, -0.2) is 30.8 Å². The van der Waals surface area contributed by atoms with Crippen LogP contribution in [-0.2, 0) is 11.3 Å². The van der Waals surface area contributed by atoms with Crippen LogP contribution in [0.4, 0.5) is 17.6 Å². The predicted molar refractivity (Wildman–Crippen MR) is 92.4 cm³/mol. The van der Waals surface area contributed by atoms with Crippen LogP contribution in [0, 0.1) is 5.82 Å². The first-order chi connectivity index (χ1) is 12.6. The van der Waals surface area contributed by atoms with Gasteiger partial charge in [-0.15, -0.1) is 13.2 Å². The molecule has 4 nitrogen and oxygen atoms in total. The summed E-state index contributed by atoms with van der Waals surface area (Å²) in [6.07, 6.45) is -4.72. The zero-order valence-corrected chi connectivity index (χ0v) is 14.9. The van der Waals surface area contributed by atoms with Crippen molar-refractivity contribution in [3.05, 3.63) is 65.5 Å². The Labute approximate surface area is 154 Å². The van der Waals surface area contributed by atoms with Gasteiger partial charge in [0.05, 0.1) is 12.6 Å². The van der Waals surface area contributed by atoms with Crippen molar-refractivity contribution in [3.8, 4) is 5.75 Å². The van der Waals surface area contributed by atoms with Gasteiger partial charge in [-0.1, -0.05) is 24.3 Å². The summed E-state index contributed by atoms with van der Waals surface area (Å²) in [4.78, 5) is 13.9. The van der Waals surface area contributed by atoms with Crippen LogP contribution >= 0.6 is 0 Å². The van der Waals surface area contributed by atoms with Crippen molar-refractivity contribution >= 4 is 5.91 Å². The van der Waals surface area contributed by atoms with E-state index in [4.69, 9.17) is 0 Å². The third-order valence-corrected chi connectivity index (χ3v) is 3.77. The molecule has 0 saturated carbocycles. The second-order valence-corrected chi connectivity index (χ2v) is 6.20. The molecule has 2 rings (SSSR count). The van der Waals surface area contributed by atoms with Crippen molar-refractivity contribution in [2.45, 2.75) is 25.9 Å². The van der Waals surface area contributed by atoms with Gasteiger partial charge in [-0.25, -0.2) is 4.39 Å². The Morgan fingerprint density at radius 3 is 2.26 bits per heavy atom. The third-order valence-electron chi connectivity index (χ3n) is 3.77. The number of carbonyl (C=O) groups is 1. The summed E-state index contributed by atoms with van der Waals surface area (Å²) in [6.45, 7) is 2.28. The van der Waals surface area contributed by atoms with E-state index in [0.29, 0.717) is 6.54 Å². The lowest BCUT2D eigenvalue weighted by Gasteiger charge is -2.19. The zero-order valence-electron chi connectivity index (χ0n) is 14.9. The summed E-state index contributed by atoms with van der Waals surface area (Å²) in [7, 11) is 1.72.